The van der Waals surface area contributed by atoms with E-state index in [1.165, 1.54) is 0 Å². The van der Waals surface area contributed by atoms with Crippen molar-refractivity contribution in [3.63, 3.8) is 0 Å². The minimum atomic E-state index is -0.531. The zero-order valence-electron chi connectivity index (χ0n) is 20.6. The van der Waals surface area contributed by atoms with Crippen LogP contribution in [0, 0.1) is 6.92 Å². The van der Waals surface area contributed by atoms with Gasteiger partial charge in [0.05, 0.1) is 21.6 Å². The average Bonchev–Trinajstić information content (AvgIpc) is 3.14. The van der Waals surface area contributed by atoms with Gasteiger partial charge in [0.25, 0.3) is 11.1 Å². The lowest BCUT2D eigenvalue weighted by Gasteiger charge is -2.13. The third-order valence-corrected chi connectivity index (χ3v) is 7.10. The lowest BCUT2D eigenvalue weighted by atomic mass is 10.1. The number of benzene rings is 3. The lowest BCUT2D eigenvalue weighted by Crippen LogP contribution is -2.36. The Morgan fingerprint density at radius 3 is 2.45 bits per heavy atom. The predicted octanol–water partition coefficient (Wildman–Crippen LogP) is 6.95. The van der Waals surface area contributed by atoms with Gasteiger partial charge in [-0.05, 0) is 79.2 Å². The van der Waals surface area contributed by atoms with Crippen LogP contribution in [0.5, 0.6) is 11.5 Å². The minimum absolute atomic E-state index is 0.213. The Morgan fingerprint density at radius 2 is 1.74 bits per heavy atom. The van der Waals surface area contributed by atoms with Crippen LogP contribution in [0.25, 0.3) is 6.08 Å². The first-order valence-corrected chi connectivity index (χ1v) is 13.3. The minimum Gasteiger partial charge on any atom is -0.490 e. The highest BCUT2D eigenvalue weighted by atomic mass is 35.5. The second-order valence-electron chi connectivity index (χ2n) is 8.36. The van der Waals surface area contributed by atoms with Gasteiger partial charge in [0.2, 0.25) is 5.91 Å². The zero-order valence-corrected chi connectivity index (χ0v) is 23.0. The van der Waals surface area contributed by atoms with E-state index in [0.29, 0.717) is 39.4 Å². The van der Waals surface area contributed by atoms with Crippen molar-refractivity contribution in [2.24, 2.45) is 0 Å². The van der Waals surface area contributed by atoms with E-state index in [4.69, 9.17) is 32.7 Å². The summed E-state index contributed by atoms with van der Waals surface area (Å²) in [7, 11) is 0. The van der Waals surface area contributed by atoms with E-state index < -0.39 is 17.1 Å². The van der Waals surface area contributed by atoms with Crippen LogP contribution in [-0.2, 0) is 16.2 Å². The molecule has 3 aromatic rings. The summed E-state index contributed by atoms with van der Waals surface area (Å²) < 4.78 is 11.7. The maximum Gasteiger partial charge on any atom is 0.294 e. The Hall–Kier alpha value is -3.46. The predicted molar refractivity (Wildman–Crippen MR) is 151 cm³/mol. The van der Waals surface area contributed by atoms with Gasteiger partial charge < -0.3 is 14.8 Å². The Morgan fingerprint density at radius 1 is 0.974 bits per heavy atom. The molecule has 1 N–H and O–H groups in total. The fourth-order valence-corrected chi connectivity index (χ4v) is 4.72. The second kappa shape index (κ2) is 12.4. The second-order valence-corrected chi connectivity index (χ2v) is 10.2. The number of ether oxygens (including phenoxy) is 2. The van der Waals surface area contributed by atoms with Crippen LogP contribution >= 0.6 is 35.0 Å². The molecule has 1 fully saturated rings. The number of amides is 3. The molecule has 7 nitrogen and oxygen atoms in total. The molecular formula is C28H24Cl2N2O5S. The van der Waals surface area contributed by atoms with Gasteiger partial charge in [-0.25, -0.2) is 0 Å². The Bertz CT molecular complexity index is 1410. The number of halogens is 2. The molecule has 1 saturated heterocycles. The highest BCUT2D eigenvalue weighted by molar-refractivity contribution is 8.18. The van der Waals surface area contributed by atoms with Gasteiger partial charge in [-0.1, -0.05) is 53.0 Å². The van der Waals surface area contributed by atoms with Crippen molar-refractivity contribution in [2.45, 2.75) is 20.5 Å². The number of nitrogens with zero attached hydrogens (tertiary/aromatic N) is 1. The van der Waals surface area contributed by atoms with Gasteiger partial charge in [0.1, 0.15) is 13.2 Å². The van der Waals surface area contributed by atoms with E-state index in [1.807, 2.05) is 32.0 Å². The fraction of sp³-hybridized carbons (Fsp3) is 0.179. The van der Waals surface area contributed by atoms with E-state index in [9.17, 15) is 14.4 Å². The first kappa shape index (κ1) is 27.6. The number of hydrogen-bond donors (Lipinski definition) is 1. The molecule has 3 amide bonds. The molecule has 1 aliphatic rings. The number of thioether (sulfide) groups is 1. The van der Waals surface area contributed by atoms with Crippen molar-refractivity contribution in [1.82, 2.24) is 4.90 Å². The summed E-state index contributed by atoms with van der Waals surface area (Å²) in [5, 5.41) is 3.10. The van der Waals surface area contributed by atoms with Gasteiger partial charge in [0, 0.05) is 5.69 Å². The normalized spacial score (nSPS) is 14.2. The van der Waals surface area contributed by atoms with E-state index in [0.717, 1.165) is 27.8 Å². The molecule has 0 spiro atoms. The molecule has 0 atom stereocenters. The van der Waals surface area contributed by atoms with Gasteiger partial charge >= 0.3 is 0 Å². The third kappa shape index (κ3) is 6.89. The molecule has 0 aliphatic carbocycles. The van der Waals surface area contributed by atoms with Crippen molar-refractivity contribution in [1.29, 1.82) is 0 Å². The smallest absolute Gasteiger partial charge is 0.294 e. The first-order chi connectivity index (χ1) is 18.2. The maximum atomic E-state index is 12.9. The number of anilines is 1. The number of carbonyl (C=O) groups excluding carboxylic acids is 3. The van der Waals surface area contributed by atoms with Gasteiger partial charge in [-0.3, -0.25) is 19.3 Å². The number of nitrogens with one attached hydrogen (secondary N) is 1. The average molecular weight is 571 g/mol. The number of carbonyl (C=O) groups is 3. The highest BCUT2D eigenvalue weighted by Crippen LogP contribution is 2.35. The standard InChI is InChI=1S/C28H24Cl2N2O5S/c1-3-36-24-13-18(7-11-23(24)37-16-19-6-10-21(29)22(30)12-19)14-25-27(34)32(28(35)38-25)15-26(33)31-20-8-4-17(2)5-9-20/h4-14H,3,15-16H2,1-2H3,(H,31,33)/b25-14+. The van der Waals surface area contributed by atoms with Gasteiger partial charge in [0.15, 0.2) is 11.5 Å². The number of hydrogen-bond acceptors (Lipinski definition) is 6. The Balaban J connectivity index is 1.44. The van der Waals surface area contributed by atoms with E-state index in [-0.39, 0.29) is 18.1 Å². The molecule has 0 radical (unpaired) electrons. The quantitative estimate of drug-likeness (QED) is 0.280. The molecule has 4 rings (SSSR count). The maximum absolute atomic E-state index is 12.9. The highest BCUT2D eigenvalue weighted by Gasteiger charge is 2.36. The summed E-state index contributed by atoms with van der Waals surface area (Å²) >= 11 is 12.8. The molecule has 1 heterocycles. The van der Waals surface area contributed by atoms with Gasteiger partial charge in [-0.15, -0.1) is 0 Å². The van der Waals surface area contributed by atoms with Crippen LogP contribution in [0.1, 0.15) is 23.6 Å². The summed E-state index contributed by atoms with van der Waals surface area (Å²) in [4.78, 5) is 39.0. The van der Waals surface area contributed by atoms with Crippen molar-refractivity contribution < 1.29 is 23.9 Å². The number of rotatable bonds is 9. The summed E-state index contributed by atoms with van der Waals surface area (Å²) in [5.41, 5.74) is 3.13. The third-order valence-electron chi connectivity index (χ3n) is 5.45. The summed E-state index contributed by atoms with van der Waals surface area (Å²) in [5.74, 6) is 0.00504. The molecule has 3 aromatic carbocycles. The largest absolute Gasteiger partial charge is 0.490 e. The number of imide groups is 1. The van der Waals surface area contributed by atoms with Crippen LogP contribution in [-0.4, -0.2) is 35.1 Å². The van der Waals surface area contributed by atoms with Crippen molar-refractivity contribution in [3.05, 3.63) is 92.3 Å². The molecule has 0 aromatic heterocycles. The Kier molecular flexibility index (Phi) is 8.99. The molecular weight excluding hydrogens is 547 g/mol. The SMILES string of the molecule is CCOc1cc(/C=C2/SC(=O)N(CC(=O)Nc3ccc(C)cc3)C2=O)ccc1OCc1ccc(Cl)c(Cl)c1. The molecule has 0 bridgehead atoms. The molecule has 10 heteroatoms. The van der Waals surface area contributed by atoms with Crippen LogP contribution < -0.4 is 14.8 Å². The zero-order chi connectivity index (χ0) is 27.2. The Labute approximate surface area is 234 Å². The van der Waals surface area contributed by atoms with Crippen LogP contribution in [0.15, 0.2) is 65.6 Å². The molecule has 1 aliphatic heterocycles. The summed E-state index contributed by atoms with van der Waals surface area (Å²) in [6, 6.07) is 17.7. The summed E-state index contributed by atoms with van der Waals surface area (Å²) in [6.07, 6.45) is 1.59. The first-order valence-electron chi connectivity index (χ1n) is 11.7. The van der Waals surface area contributed by atoms with Crippen LogP contribution in [0.3, 0.4) is 0 Å². The summed E-state index contributed by atoms with van der Waals surface area (Å²) in [6.45, 7) is 4.07. The van der Waals surface area contributed by atoms with Crippen LogP contribution in [0.2, 0.25) is 10.0 Å². The van der Waals surface area contributed by atoms with E-state index >= 15 is 0 Å². The molecule has 196 valence electrons. The van der Waals surface area contributed by atoms with Crippen molar-refractivity contribution in [2.75, 3.05) is 18.5 Å². The molecule has 38 heavy (non-hydrogen) atoms. The molecule has 0 unspecified atom stereocenters. The van der Waals surface area contributed by atoms with Gasteiger partial charge in [-0.2, -0.15) is 0 Å². The van der Waals surface area contributed by atoms with Crippen LogP contribution in [0.4, 0.5) is 10.5 Å². The van der Waals surface area contributed by atoms with E-state index in [1.54, 1.807) is 48.5 Å². The van der Waals surface area contributed by atoms with Crippen molar-refractivity contribution in [3.8, 4) is 11.5 Å². The fourth-order valence-electron chi connectivity index (χ4n) is 3.56. The van der Waals surface area contributed by atoms with E-state index in [2.05, 4.69) is 5.32 Å². The topological polar surface area (TPSA) is 84.9 Å². The lowest BCUT2D eigenvalue weighted by molar-refractivity contribution is -0.127. The monoisotopic (exact) mass is 570 g/mol. The molecule has 0 saturated carbocycles. The van der Waals surface area contributed by atoms with Crippen molar-refractivity contribution >= 4 is 63.8 Å². The number of aryl methyl sites for hydroxylation is 1.